The SMILES string of the molecule is CC(O)Cn1nc(C(=O)NCc2ccc(C#N)cc2)c2c1CN(CC1(S(=O)(=O)C3CC3)CC1)CC2. The van der Waals surface area contributed by atoms with Crippen molar-refractivity contribution in [1.82, 2.24) is 20.0 Å². The second kappa shape index (κ2) is 9.04. The monoisotopic (exact) mass is 497 g/mol. The van der Waals surface area contributed by atoms with Gasteiger partial charge in [0.2, 0.25) is 0 Å². The molecule has 2 heterocycles. The summed E-state index contributed by atoms with van der Waals surface area (Å²) < 4.78 is 27.1. The second-order valence-electron chi connectivity index (χ2n) is 10.2. The van der Waals surface area contributed by atoms with Crippen molar-refractivity contribution in [3.8, 4) is 6.07 Å². The minimum atomic E-state index is -3.09. The molecule has 2 N–H and O–H groups in total. The maximum atomic E-state index is 13.1. The summed E-state index contributed by atoms with van der Waals surface area (Å²) in [5, 5.41) is 26.3. The number of nitriles is 1. The van der Waals surface area contributed by atoms with Crippen LogP contribution < -0.4 is 5.32 Å². The molecule has 2 saturated carbocycles. The summed E-state index contributed by atoms with van der Waals surface area (Å²) in [5.74, 6) is -0.279. The van der Waals surface area contributed by atoms with Crippen molar-refractivity contribution in [2.45, 2.75) is 74.8 Å². The third-order valence-corrected chi connectivity index (χ3v) is 10.4. The molecule has 0 spiro atoms. The van der Waals surface area contributed by atoms with Crippen molar-refractivity contribution in [2.75, 3.05) is 13.1 Å². The lowest BCUT2D eigenvalue weighted by Gasteiger charge is -2.31. The number of carbonyl (C=O) groups excluding carboxylic acids is 1. The van der Waals surface area contributed by atoms with E-state index in [0.29, 0.717) is 43.9 Å². The first-order chi connectivity index (χ1) is 16.7. The van der Waals surface area contributed by atoms with Gasteiger partial charge in [-0.05, 0) is 56.7 Å². The number of benzene rings is 1. The Morgan fingerprint density at radius 1 is 1.31 bits per heavy atom. The number of hydrogen-bond donors (Lipinski definition) is 2. The van der Waals surface area contributed by atoms with Gasteiger partial charge in [-0.2, -0.15) is 10.4 Å². The number of sulfone groups is 1. The van der Waals surface area contributed by atoms with Crippen molar-refractivity contribution in [3.63, 3.8) is 0 Å². The summed E-state index contributed by atoms with van der Waals surface area (Å²) in [4.78, 5) is 15.2. The van der Waals surface area contributed by atoms with Gasteiger partial charge in [-0.1, -0.05) is 12.1 Å². The number of amides is 1. The first kappa shape index (κ1) is 24.0. The first-order valence-electron chi connectivity index (χ1n) is 12.2. The van der Waals surface area contributed by atoms with E-state index >= 15 is 0 Å². The highest BCUT2D eigenvalue weighted by molar-refractivity contribution is 7.94. The molecule has 0 saturated heterocycles. The summed E-state index contributed by atoms with van der Waals surface area (Å²) in [6, 6.07) is 9.12. The highest BCUT2D eigenvalue weighted by Crippen LogP contribution is 2.50. The Kier molecular flexibility index (Phi) is 6.20. The third kappa shape index (κ3) is 4.73. The highest BCUT2D eigenvalue weighted by atomic mass is 32.2. The Morgan fingerprint density at radius 2 is 2.03 bits per heavy atom. The van der Waals surface area contributed by atoms with E-state index in [-0.39, 0.29) is 17.7 Å². The van der Waals surface area contributed by atoms with Crippen molar-refractivity contribution >= 4 is 15.7 Å². The molecule has 1 amide bonds. The fraction of sp³-hybridized carbons (Fsp3) is 0.560. The first-order valence-corrected chi connectivity index (χ1v) is 13.8. The topological polar surface area (TPSA) is 128 Å². The fourth-order valence-electron chi connectivity index (χ4n) is 5.03. The molecule has 9 nitrogen and oxygen atoms in total. The van der Waals surface area contributed by atoms with Gasteiger partial charge in [-0.15, -0.1) is 0 Å². The zero-order valence-electron chi connectivity index (χ0n) is 19.9. The van der Waals surface area contributed by atoms with Gasteiger partial charge in [0.1, 0.15) is 0 Å². The van der Waals surface area contributed by atoms with Crippen LogP contribution in [-0.4, -0.2) is 63.3 Å². The normalized spacial score (nSPS) is 20.0. The van der Waals surface area contributed by atoms with Crippen molar-refractivity contribution in [1.29, 1.82) is 5.26 Å². The van der Waals surface area contributed by atoms with E-state index in [0.717, 1.165) is 42.5 Å². The number of nitrogens with zero attached hydrogens (tertiary/aromatic N) is 4. The number of hydrogen-bond acceptors (Lipinski definition) is 7. The van der Waals surface area contributed by atoms with Gasteiger partial charge >= 0.3 is 0 Å². The van der Waals surface area contributed by atoms with E-state index < -0.39 is 20.7 Å². The van der Waals surface area contributed by atoms with Crippen molar-refractivity contribution in [2.24, 2.45) is 0 Å². The van der Waals surface area contributed by atoms with Crippen LogP contribution in [0, 0.1) is 11.3 Å². The third-order valence-electron chi connectivity index (χ3n) is 7.29. The summed E-state index contributed by atoms with van der Waals surface area (Å²) in [5.41, 5.74) is 3.55. The van der Waals surface area contributed by atoms with E-state index in [9.17, 15) is 18.3 Å². The average molecular weight is 498 g/mol. The summed E-state index contributed by atoms with van der Waals surface area (Å²) in [6.07, 6.45) is 3.01. The summed E-state index contributed by atoms with van der Waals surface area (Å²) >= 11 is 0. The standard InChI is InChI=1S/C25H31N5O4S/c1-17(31)14-30-22-15-29(16-25(9-10-25)35(33,34)20-6-7-20)11-8-21(22)23(28-30)24(32)27-13-19-4-2-18(12-26)3-5-19/h2-5,17,20,31H,6-11,13-16H2,1H3,(H,27,32). The van der Waals surface area contributed by atoms with Gasteiger partial charge in [0, 0.05) is 31.7 Å². The molecule has 2 aromatic rings. The maximum absolute atomic E-state index is 13.1. The molecule has 0 bridgehead atoms. The minimum absolute atomic E-state index is 0.155. The lowest BCUT2D eigenvalue weighted by molar-refractivity contribution is 0.0942. The van der Waals surface area contributed by atoms with E-state index in [1.807, 2.05) is 12.1 Å². The molecule has 5 rings (SSSR count). The Morgan fingerprint density at radius 3 is 2.63 bits per heavy atom. The van der Waals surface area contributed by atoms with Crippen LogP contribution in [0.3, 0.4) is 0 Å². The second-order valence-corrected chi connectivity index (χ2v) is 12.8. The van der Waals surface area contributed by atoms with Gasteiger partial charge < -0.3 is 10.4 Å². The summed E-state index contributed by atoms with van der Waals surface area (Å²) in [6.45, 7) is 3.97. The molecule has 1 atom stereocenters. The molecule has 3 aliphatic rings. The number of aliphatic hydroxyl groups excluding tert-OH is 1. The van der Waals surface area contributed by atoms with Gasteiger partial charge in [0.15, 0.2) is 15.5 Å². The Balaban J connectivity index is 1.32. The predicted octanol–water partition coefficient (Wildman–Crippen LogP) is 1.53. The van der Waals surface area contributed by atoms with Gasteiger partial charge in [-0.3, -0.25) is 14.4 Å². The van der Waals surface area contributed by atoms with E-state index in [2.05, 4.69) is 21.4 Å². The van der Waals surface area contributed by atoms with Crippen molar-refractivity contribution in [3.05, 3.63) is 52.3 Å². The average Bonchev–Trinajstić information content (AvgIpc) is 3.76. The lowest BCUT2D eigenvalue weighted by Crippen LogP contribution is -2.43. The molecule has 1 aromatic carbocycles. The number of rotatable bonds is 9. The quantitative estimate of drug-likeness (QED) is 0.538. The largest absolute Gasteiger partial charge is 0.391 e. The van der Waals surface area contributed by atoms with E-state index in [4.69, 9.17) is 5.26 Å². The summed E-state index contributed by atoms with van der Waals surface area (Å²) in [7, 11) is -3.09. The van der Waals surface area contributed by atoms with E-state index in [1.165, 1.54) is 0 Å². The molecule has 2 aliphatic carbocycles. The number of aromatic nitrogens is 2. The van der Waals surface area contributed by atoms with Gasteiger partial charge in [0.25, 0.3) is 5.91 Å². The Bertz CT molecular complexity index is 1270. The molecular weight excluding hydrogens is 466 g/mol. The molecule has 10 heteroatoms. The number of fused-ring (bicyclic) bond motifs is 1. The molecule has 0 radical (unpaired) electrons. The number of aliphatic hydroxyl groups is 1. The van der Waals surface area contributed by atoms with Crippen LogP contribution in [-0.2, 0) is 35.9 Å². The molecule has 1 aromatic heterocycles. The van der Waals surface area contributed by atoms with Crippen molar-refractivity contribution < 1.29 is 18.3 Å². The lowest BCUT2D eigenvalue weighted by atomic mass is 10.0. The fourth-order valence-corrected chi connectivity index (χ4v) is 7.53. The molecule has 1 unspecified atom stereocenters. The van der Waals surface area contributed by atoms with Crippen LogP contribution >= 0.6 is 0 Å². The van der Waals surface area contributed by atoms with Crippen LogP contribution in [0.1, 0.15) is 65.5 Å². The smallest absolute Gasteiger partial charge is 0.272 e. The molecule has 2 fully saturated rings. The van der Waals surface area contributed by atoms with Crippen LogP contribution in [0.4, 0.5) is 0 Å². The maximum Gasteiger partial charge on any atom is 0.272 e. The molecule has 1 aliphatic heterocycles. The van der Waals surface area contributed by atoms with Crippen LogP contribution in [0.15, 0.2) is 24.3 Å². The minimum Gasteiger partial charge on any atom is -0.391 e. The van der Waals surface area contributed by atoms with Crippen LogP contribution in [0.25, 0.3) is 0 Å². The Hall–Kier alpha value is -2.74. The highest BCUT2D eigenvalue weighted by Gasteiger charge is 2.59. The van der Waals surface area contributed by atoms with Crippen LogP contribution in [0.2, 0.25) is 0 Å². The molecule has 35 heavy (non-hydrogen) atoms. The van der Waals surface area contributed by atoms with E-state index in [1.54, 1.807) is 23.7 Å². The van der Waals surface area contributed by atoms with Gasteiger partial charge in [-0.25, -0.2) is 8.42 Å². The van der Waals surface area contributed by atoms with Gasteiger partial charge in [0.05, 0.1) is 40.0 Å². The molecular formula is C25H31N5O4S. The predicted molar refractivity (Wildman–Crippen MR) is 129 cm³/mol. The number of carbonyl (C=O) groups is 1. The zero-order valence-corrected chi connectivity index (χ0v) is 20.7. The van der Waals surface area contributed by atoms with Crippen LogP contribution in [0.5, 0.6) is 0 Å². The number of nitrogens with one attached hydrogen (secondary N) is 1. The Labute approximate surface area is 205 Å². The zero-order chi connectivity index (χ0) is 24.8. The molecule has 186 valence electrons.